The maximum absolute atomic E-state index is 2.99. The SMILES string of the molecule is C1CCPC1.Cl.Cl.[C-]1=CC=CC1.[Ti]. The van der Waals surface area contributed by atoms with Crippen molar-refractivity contribution in [2.45, 2.75) is 19.3 Å². The largest absolute Gasteiger partial charge is 0.273 e. The molecule has 0 aromatic heterocycles. The molecule has 1 heterocycles. The summed E-state index contributed by atoms with van der Waals surface area (Å²) in [6.07, 6.45) is 16.1. The van der Waals surface area contributed by atoms with Gasteiger partial charge in [0.1, 0.15) is 0 Å². The van der Waals surface area contributed by atoms with Crippen molar-refractivity contribution >= 4 is 33.4 Å². The van der Waals surface area contributed by atoms with Crippen molar-refractivity contribution in [1.82, 2.24) is 0 Å². The molecular weight excluding hydrogens is 258 g/mol. The molecule has 1 fully saturated rings. The summed E-state index contributed by atoms with van der Waals surface area (Å²) < 4.78 is 0. The van der Waals surface area contributed by atoms with Gasteiger partial charge in [0.05, 0.1) is 0 Å². The Bertz CT molecular complexity index is 116. The fraction of sp³-hybridized carbons (Fsp3) is 0.556. The Hall–Kier alpha value is 1.20. The van der Waals surface area contributed by atoms with Gasteiger partial charge in [-0.2, -0.15) is 6.08 Å². The molecule has 0 amide bonds. The fourth-order valence-corrected chi connectivity index (χ4v) is 2.22. The second kappa shape index (κ2) is 15.7. The van der Waals surface area contributed by atoms with Crippen LogP contribution in [0.4, 0.5) is 0 Å². The predicted molar refractivity (Wildman–Crippen MR) is 63.3 cm³/mol. The molecule has 1 aliphatic heterocycles. The zero-order chi connectivity index (χ0) is 7.07. The Kier molecular flexibility index (Phi) is 23.8. The van der Waals surface area contributed by atoms with Gasteiger partial charge in [-0.1, -0.05) is 0 Å². The number of rotatable bonds is 0. The average Bonchev–Trinajstić information content (AvgIpc) is 2.67. The van der Waals surface area contributed by atoms with Gasteiger partial charge in [-0.3, -0.25) is 6.08 Å². The molecule has 4 heteroatoms. The fourth-order valence-electron chi connectivity index (χ4n) is 0.965. The van der Waals surface area contributed by atoms with Crippen LogP contribution in [0.3, 0.4) is 0 Å². The van der Waals surface area contributed by atoms with Gasteiger partial charge in [0, 0.05) is 21.7 Å². The van der Waals surface area contributed by atoms with Gasteiger partial charge in [0.15, 0.2) is 0 Å². The van der Waals surface area contributed by atoms with E-state index in [1.807, 2.05) is 12.2 Å². The summed E-state index contributed by atoms with van der Waals surface area (Å²) in [6, 6.07) is 0. The molecule has 0 N–H and O–H groups in total. The minimum Gasteiger partial charge on any atom is -0.273 e. The Labute approximate surface area is 111 Å². The monoisotopic (exact) mass is 273 g/mol. The zero-order valence-electron chi connectivity index (χ0n) is 7.58. The molecule has 0 radical (unpaired) electrons. The van der Waals surface area contributed by atoms with E-state index in [1.165, 1.54) is 33.7 Å². The summed E-state index contributed by atoms with van der Waals surface area (Å²) in [6.45, 7) is 0. The molecular formula is C9H16Cl2PTi-. The van der Waals surface area contributed by atoms with Crippen molar-refractivity contribution in [2.75, 3.05) is 12.3 Å². The van der Waals surface area contributed by atoms with Gasteiger partial charge in [0.25, 0.3) is 0 Å². The number of hydrogen-bond donors (Lipinski definition) is 0. The van der Waals surface area contributed by atoms with Gasteiger partial charge < -0.3 is 0 Å². The Morgan fingerprint density at radius 2 is 1.69 bits per heavy atom. The summed E-state index contributed by atoms with van der Waals surface area (Å²) in [5.74, 6) is 0. The first-order valence-electron chi connectivity index (χ1n) is 3.92. The summed E-state index contributed by atoms with van der Waals surface area (Å²) >= 11 is 0. The molecule has 76 valence electrons. The molecule has 0 saturated carbocycles. The molecule has 13 heavy (non-hydrogen) atoms. The third-order valence-electron chi connectivity index (χ3n) is 1.54. The van der Waals surface area contributed by atoms with E-state index in [0.717, 1.165) is 6.42 Å². The van der Waals surface area contributed by atoms with Crippen molar-refractivity contribution in [3.63, 3.8) is 0 Å². The van der Waals surface area contributed by atoms with Crippen LogP contribution in [-0.2, 0) is 21.7 Å². The number of allylic oxidation sites excluding steroid dienone is 4. The van der Waals surface area contributed by atoms with Crippen LogP contribution in [0.1, 0.15) is 19.3 Å². The van der Waals surface area contributed by atoms with Crippen LogP contribution in [0.15, 0.2) is 18.2 Å². The molecule has 1 aliphatic carbocycles. The van der Waals surface area contributed by atoms with Gasteiger partial charge in [-0.15, -0.1) is 39.8 Å². The normalized spacial score (nSPS) is 16.0. The van der Waals surface area contributed by atoms with E-state index in [9.17, 15) is 0 Å². The average molecular weight is 274 g/mol. The summed E-state index contributed by atoms with van der Waals surface area (Å²) in [5.41, 5.74) is 0. The van der Waals surface area contributed by atoms with Crippen LogP contribution in [-0.4, -0.2) is 12.3 Å². The van der Waals surface area contributed by atoms with Crippen LogP contribution in [0.2, 0.25) is 0 Å². The first-order valence-corrected chi connectivity index (χ1v) is 5.34. The van der Waals surface area contributed by atoms with Crippen molar-refractivity contribution in [2.24, 2.45) is 0 Å². The quantitative estimate of drug-likeness (QED) is 0.359. The summed E-state index contributed by atoms with van der Waals surface area (Å²) in [4.78, 5) is 0. The first kappa shape index (κ1) is 19.7. The standard InChI is InChI=1S/C5H5.C4H9P.2ClH.Ti/c2*1-2-4-5-3-1;;;/h1-3H,4H2;5H,1-4H2;2*1H;/q-1;;;;. The van der Waals surface area contributed by atoms with Crippen LogP contribution in [0, 0.1) is 6.08 Å². The van der Waals surface area contributed by atoms with E-state index in [2.05, 4.69) is 12.2 Å². The van der Waals surface area contributed by atoms with E-state index in [-0.39, 0.29) is 46.5 Å². The minimum absolute atomic E-state index is 0. The van der Waals surface area contributed by atoms with Crippen LogP contribution in [0.5, 0.6) is 0 Å². The summed E-state index contributed by atoms with van der Waals surface area (Å²) in [7, 11) is 1.31. The van der Waals surface area contributed by atoms with Gasteiger partial charge in [-0.05, 0) is 25.2 Å². The molecule has 1 saturated heterocycles. The smallest absolute Gasteiger partial charge is 0 e. The number of halogens is 2. The second-order valence-electron chi connectivity index (χ2n) is 2.46. The van der Waals surface area contributed by atoms with E-state index < -0.39 is 0 Å². The van der Waals surface area contributed by atoms with Crippen LogP contribution in [0.25, 0.3) is 0 Å². The van der Waals surface area contributed by atoms with E-state index in [1.54, 1.807) is 0 Å². The number of hydrogen-bond acceptors (Lipinski definition) is 0. The first-order chi connectivity index (χ1) is 5.00. The van der Waals surface area contributed by atoms with Crippen molar-refractivity contribution in [3.05, 3.63) is 24.3 Å². The van der Waals surface area contributed by atoms with Crippen LogP contribution >= 0.6 is 33.4 Å². The van der Waals surface area contributed by atoms with Crippen molar-refractivity contribution in [1.29, 1.82) is 0 Å². The molecule has 0 atom stereocenters. The Morgan fingerprint density at radius 1 is 1.08 bits per heavy atom. The zero-order valence-corrected chi connectivity index (χ0v) is 11.8. The molecule has 0 nitrogen and oxygen atoms in total. The predicted octanol–water partition coefficient (Wildman–Crippen LogP) is 3.61. The van der Waals surface area contributed by atoms with Gasteiger partial charge in [0.2, 0.25) is 0 Å². The van der Waals surface area contributed by atoms with E-state index in [0.29, 0.717) is 0 Å². The van der Waals surface area contributed by atoms with Gasteiger partial charge in [-0.25, -0.2) is 12.2 Å². The summed E-state index contributed by atoms with van der Waals surface area (Å²) in [5, 5.41) is 0. The second-order valence-corrected chi connectivity index (χ2v) is 3.96. The van der Waals surface area contributed by atoms with Gasteiger partial charge >= 0.3 is 0 Å². The maximum atomic E-state index is 2.99. The topological polar surface area (TPSA) is 0 Å². The molecule has 0 aromatic carbocycles. The molecule has 0 aromatic rings. The third kappa shape index (κ3) is 13.2. The molecule has 2 aliphatic rings. The molecule has 0 spiro atoms. The van der Waals surface area contributed by atoms with Crippen molar-refractivity contribution < 1.29 is 21.7 Å². The van der Waals surface area contributed by atoms with Crippen LogP contribution < -0.4 is 0 Å². The maximum Gasteiger partial charge on any atom is 0 e. The van der Waals surface area contributed by atoms with E-state index in [4.69, 9.17) is 0 Å². The Morgan fingerprint density at radius 3 is 1.85 bits per heavy atom. The van der Waals surface area contributed by atoms with Crippen molar-refractivity contribution in [3.8, 4) is 0 Å². The minimum atomic E-state index is 0. The molecule has 0 unspecified atom stereocenters. The molecule has 0 bridgehead atoms. The molecule has 2 rings (SSSR count). The van der Waals surface area contributed by atoms with E-state index >= 15 is 0 Å². The Balaban J connectivity index is -0.000000125. The third-order valence-corrected chi connectivity index (χ3v) is 2.96.